The monoisotopic (exact) mass is 377 g/mol. The van der Waals surface area contributed by atoms with Crippen molar-refractivity contribution in [3.8, 4) is 6.07 Å². The lowest BCUT2D eigenvalue weighted by Crippen LogP contribution is -2.55. The van der Waals surface area contributed by atoms with Crippen LogP contribution in [0.2, 0.25) is 0 Å². The lowest BCUT2D eigenvalue weighted by molar-refractivity contribution is -0.139. The molecule has 0 bridgehead atoms. The van der Waals surface area contributed by atoms with E-state index < -0.39 is 16.0 Å². The second-order valence-corrected chi connectivity index (χ2v) is 8.98. The Kier molecular flexibility index (Phi) is 5.32. The van der Waals surface area contributed by atoms with Gasteiger partial charge in [0.25, 0.3) is 0 Å². The SMILES string of the molecule is Cc1ccc(C#N)cc1S(=O)(=O)NC1CC(N(CC(=O)O)CC2CC2)C1. The first-order chi connectivity index (χ1) is 12.3. The number of nitriles is 1. The lowest BCUT2D eigenvalue weighted by Gasteiger charge is -2.42. The van der Waals surface area contributed by atoms with Crippen LogP contribution in [-0.4, -0.2) is 49.6 Å². The van der Waals surface area contributed by atoms with Crippen LogP contribution in [0.4, 0.5) is 0 Å². The van der Waals surface area contributed by atoms with E-state index >= 15 is 0 Å². The van der Waals surface area contributed by atoms with E-state index in [-0.39, 0.29) is 23.5 Å². The first kappa shape index (κ1) is 18.8. The highest BCUT2D eigenvalue weighted by Crippen LogP contribution is 2.34. The molecule has 2 aliphatic rings. The largest absolute Gasteiger partial charge is 0.480 e. The molecule has 2 aliphatic carbocycles. The van der Waals surface area contributed by atoms with Gasteiger partial charge in [-0.3, -0.25) is 9.69 Å². The molecule has 8 heteroatoms. The van der Waals surface area contributed by atoms with Gasteiger partial charge in [-0.15, -0.1) is 0 Å². The van der Waals surface area contributed by atoms with Crippen LogP contribution in [0.5, 0.6) is 0 Å². The van der Waals surface area contributed by atoms with Gasteiger partial charge in [-0.25, -0.2) is 13.1 Å². The Morgan fingerprint density at radius 3 is 2.65 bits per heavy atom. The summed E-state index contributed by atoms with van der Waals surface area (Å²) in [5, 5.41) is 18.1. The second-order valence-electron chi connectivity index (χ2n) is 7.30. The molecule has 1 aromatic carbocycles. The number of carboxylic acids is 1. The summed E-state index contributed by atoms with van der Waals surface area (Å²) in [7, 11) is -3.70. The fraction of sp³-hybridized carbons (Fsp3) is 0.556. The minimum absolute atomic E-state index is 0.00393. The summed E-state index contributed by atoms with van der Waals surface area (Å²) < 4.78 is 28.0. The predicted molar refractivity (Wildman–Crippen MR) is 95.0 cm³/mol. The van der Waals surface area contributed by atoms with Gasteiger partial charge < -0.3 is 5.11 Å². The van der Waals surface area contributed by atoms with Crippen molar-refractivity contribution in [1.29, 1.82) is 5.26 Å². The van der Waals surface area contributed by atoms with Crippen LogP contribution in [0.15, 0.2) is 23.1 Å². The summed E-state index contributed by atoms with van der Waals surface area (Å²) in [6, 6.07) is 6.46. The number of carboxylic acid groups (broad SMARTS) is 1. The molecule has 3 rings (SSSR count). The van der Waals surface area contributed by atoms with Crippen molar-refractivity contribution in [3.05, 3.63) is 29.3 Å². The van der Waals surface area contributed by atoms with Crippen molar-refractivity contribution < 1.29 is 18.3 Å². The number of rotatable bonds is 8. The zero-order valence-corrected chi connectivity index (χ0v) is 15.5. The molecule has 0 spiro atoms. The number of nitrogens with one attached hydrogen (secondary N) is 1. The molecule has 0 heterocycles. The van der Waals surface area contributed by atoms with Gasteiger partial charge in [-0.1, -0.05) is 6.07 Å². The number of benzene rings is 1. The maximum atomic E-state index is 12.6. The Morgan fingerprint density at radius 2 is 2.08 bits per heavy atom. The van der Waals surface area contributed by atoms with Gasteiger partial charge in [0.05, 0.1) is 23.1 Å². The Hall–Kier alpha value is -1.95. The van der Waals surface area contributed by atoms with Crippen molar-refractivity contribution in [2.75, 3.05) is 13.1 Å². The number of hydrogen-bond donors (Lipinski definition) is 2. The zero-order valence-electron chi connectivity index (χ0n) is 14.7. The summed E-state index contributed by atoms with van der Waals surface area (Å²) in [5.74, 6) is -0.264. The fourth-order valence-electron chi connectivity index (χ4n) is 3.37. The first-order valence-corrected chi connectivity index (χ1v) is 10.3. The molecule has 0 saturated heterocycles. The standard InChI is InChI=1S/C18H23N3O4S/c1-12-2-3-14(9-19)6-17(12)26(24,25)20-15-7-16(8-15)21(11-18(22)23)10-13-4-5-13/h2-3,6,13,15-16,20H,4-5,7-8,10-11H2,1H3,(H,22,23). The smallest absolute Gasteiger partial charge is 0.317 e. The van der Waals surface area contributed by atoms with Crippen LogP contribution in [0.25, 0.3) is 0 Å². The maximum Gasteiger partial charge on any atom is 0.317 e. The third-order valence-corrected chi connectivity index (χ3v) is 6.75. The topological polar surface area (TPSA) is 110 Å². The number of sulfonamides is 1. The van der Waals surface area contributed by atoms with Crippen LogP contribution in [-0.2, 0) is 14.8 Å². The number of aliphatic carboxylic acids is 1. The molecule has 0 atom stereocenters. The Morgan fingerprint density at radius 1 is 1.38 bits per heavy atom. The summed E-state index contributed by atoms with van der Waals surface area (Å²) in [6.45, 7) is 2.48. The van der Waals surface area contributed by atoms with Crippen molar-refractivity contribution in [3.63, 3.8) is 0 Å². The van der Waals surface area contributed by atoms with Crippen molar-refractivity contribution in [2.45, 2.75) is 49.6 Å². The summed E-state index contributed by atoms with van der Waals surface area (Å²) in [4.78, 5) is 13.2. The van der Waals surface area contributed by atoms with Gasteiger partial charge >= 0.3 is 5.97 Å². The Balaban J connectivity index is 1.62. The first-order valence-electron chi connectivity index (χ1n) is 8.77. The summed E-state index contributed by atoms with van der Waals surface area (Å²) in [6.07, 6.45) is 3.51. The van der Waals surface area contributed by atoms with Crippen LogP contribution in [0.1, 0.15) is 36.8 Å². The molecule has 26 heavy (non-hydrogen) atoms. The second kappa shape index (κ2) is 7.35. The summed E-state index contributed by atoms with van der Waals surface area (Å²) >= 11 is 0. The van der Waals surface area contributed by atoms with Gasteiger partial charge in [0.15, 0.2) is 0 Å². The van der Waals surface area contributed by atoms with E-state index in [2.05, 4.69) is 4.72 Å². The average Bonchev–Trinajstić information content (AvgIpc) is 3.34. The van der Waals surface area contributed by atoms with E-state index in [4.69, 9.17) is 10.4 Å². The van der Waals surface area contributed by atoms with Gasteiger partial charge in [-0.2, -0.15) is 5.26 Å². The highest BCUT2D eigenvalue weighted by atomic mass is 32.2. The lowest BCUT2D eigenvalue weighted by atomic mass is 9.86. The van der Waals surface area contributed by atoms with Gasteiger partial charge in [-0.05, 0) is 56.2 Å². The van der Waals surface area contributed by atoms with Crippen LogP contribution >= 0.6 is 0 Å². The van der Waals surface area contributed by atoms with Gasteiger partial charge in [0.1, 0.15) is 0 Å². The van der Waals surface area contributed by atoms with E-state index in [1.165, 1.54) is 6.07 Å². The molecule has 2 N–H and O–H groups in total. The predicted octanol–water partition coefficient (Wildman–Crippen LogP) is 1.47. The molecule has 1 aromatic rings. The number of hydrogen-bond acceptors (Lipinski definition) is 5. The Bertz CT molecular complexity index is 836. The number of aryl methyl sites for hydroxylation is 1. The van der Waals surface area contributed by atoms with E-state index in [0.717, 1.165) is 19.4 Å². The molecule has 0 amide bonds. The van der Waals surface area contributed by atoms with Crippen LogP contribution < -0.4 is 4.72 Å². The number of carbonyl (C=O) groups is 1. The minimum Gasteiger partial charge on any atom is -0.480 e. The van der Waals surface area contributed by atoms with Crippen molar-refractivity contribution in [2.24, 2.45) is 5.92 Å². The average molecular weight is 377 g/mol. The van der Waals surface area contributed by atoms with E-state index in [0.29, 0.717) is 29.9 Å². The van der Waals surface area contributed by atoms with Gasteiger partial charge in [0.2, 0.25) is 10.0 Å². The molecule has 7 nitrogen and oxygen atoms in total. The molecular formula is C18H23N3O4S. The summed E-state index contributed by atoms with van der Waals surface area (Å²) in [5.41, 5.74) is 0.896. The Labute approximate surface area is 153 Å². The molecule has 0 radical (unpaired) electrons. The van der Waals surface area contributed by atoms with Crippen molar-refractivity contribution >= 4 is 16.0 Å². The number of nitrogens with zero attached hydrogens (tertiary/aromatic N) is 2. The van der Waals surface area contributed by atoms with Crippen LogP contribution in [0.3, 0.4) is 0 Å². The normalized spacial score (nSPS) is 22.7. The quantitative estimate of drug-likeness (QED) is 0.710. The minimum atomic E-state index is -3.70. The molecule has 140 valence electrons. The maximum absolute atomic E-state index is 12.6. The highest BCUT2D eigenvalue weighted by Gasteiger charge is 2.39. The van der Waals surface area contributed by atoms with Gasteiger partial charge in [0, 0.05) is 18.6 Å². The third kappa shape index (κ3) is 4.41. The highest BCUT2D eigenvalue weighted by molar-refractivity contribution is 7.89. The van der Waals surface area contributed by atoms with E-state index in [1.807, 2.05) is 11.0 Å². The molecule has 0 unspecified atom stereocenters. The third-order valence-electron chi connectivity index (χ3n) is 5.09. The van der Waals surface area contributed by atoms with E-state index in [9.17, 15) is 13.2 Å². The molecule has 0 aliphatic heterocycles. The van der Waals surface area contributed by atoms with E-state index in [1.54, 1.807) is 19.1 Å². The van der Waals surface area contributed by atoms with Crippen LogP contribution in [0, 0.1) is 24.2 Å². The molecule has 0 aromatic heterocycles. The molecular weight excluding hydrogens is 354 g/mol. The zero-order chi connectivity index (χ0) is 18.9. The fourth-order valence-corrected chi connectivity index (χ4v) is 4.91. The molecule has 2 fully saturated rings. The van der Waals surface area contributed by atoms with Crippen molar-refractivity contribution in [1.82, 2.24) is 9.62 Å². The molecule has 2 saturated carbocycles.